The molecule has 17 heavy (non-hydrogen) atoms. The third kappa shape index (κ3) is 3.37. The quantitative estimate of drug-likeness (QED) is 0.857. The average molecular weight is 238 g/mol. The molecule has 0 saturated heterocycles. The molecule has 1 unspecified atom stereocenters. The molecule has 0 aliphatic carbocycles. The minimum atomic E-state index is -0.709. The van der Waals surface area contributed by atoms with Gasteiger partial charge in [-0.2, -0.15) is 0 Å². The lowest BCUT2D eigenvalue weighted by Gasteiger charge is -2.28. The second-order valence-electron chi connectivity index (χ2n) is 4.88. The standard InChI is InChI=1S/C14H22O3/c1-10(2)14(3,15)9-11-6-7-12(16-4)13(8-11)17-5/h6-8,10,15H,9H2,1-5H3. The van der Waals surface area contributed by atoms with Gasteiger partial charge in [-0.05, 0) is 30.5 Å². The Morgan fingerprint density at radius 2 is 1.76 bits per heavy atom. The summed E-state index contributed by atoms with van der Waals surface area (Å²) < 4.78 is 10.4. The van der Waals surface area contributed by atoms with Gasteiger partial charge in [0.25, 0.3) is 0 Å². The zero-order valence-corrected chi connectivity index (χ0v) is 11.3. The molecule has 3 heteroatoms. The van der Waals surface area contributed by atoms with Crippen molar-refractivity contribution in [1.82, 2.24) is 0 Å². The van der Waals surface area contributed by atoms with E-state index in [1.807, 2.05) is 39.0 Å². The van der Waals surface area contributed by atoms with E-state index in [4.69, 9.17) is 9.47 Å². The molecule has 1 aromatic rings. The van der Waals surface area contributed by atoms with E-state index in [1.165, 1.54) is 0 Å². The summed E-state index contributed by atoms with van der Waals surface area (Å²) in [6, 6.07) is 5.73. The number of ether oxygens (including phenoxy) is 2. The third-order valence-corrected chi connectivity index (χ3v) is 3.25. The molecule has 1 atom stereocenters. The first kappa shape index (κ1) is 13.8. The lowest BCUT2D eigenvalue weighted by molar-refractivity contribution is 0.0139. The van der Waals surface area contributed by atoms with E-state index in [0.717, 1.165) is 5.56 Å². The molecule has 3 nitrogen and oxygen atoms in total. The fourth-order valence-electron chi connectivity index (χ4n) is 1.61. The van der Waals surface area contributed by atoms with Crippen LogP contribution in [0.5, 0.6) is 11.5 Å². The fourth-order valence-corrected chi connectivity index (χ4v) is 1.61. The largest absolute Gasteiger partial charge is 0.493 e. The highest BCUT2D eigenvalue weighted by Gasteiger charge is 2.25. The number of methoxy groups -OCH3 is 2. The average Bonchev–Trinajstić information content (AvgIpc) is 2.28. The van der Waals surface area contributed by atoms with E-state index >= 15 is 0 Å². The van der Waals surface area contributed by atoms with Crippen molar-refractivity contribution in [2.24, 2.45) is 5.92 Å². The number of aliphatic hydroxyl groups is 1. The molecular formula is C14H22O3. The molecule has 0 radical (unpaired) electrons. The molecule has 0 saturated carbocycles. The Hall–Kier alpha value is -1.22. The molecule has 1 aromatic carbocycles. The van der Waals surface area contributed by atoms with Crippen LogP contribution in [-0.2, 0) is 6.42 Å². The van der Waals surface area contributed by atoms with Crippen LogP contribution in [0.25, 0.3) is 0 Å². The minimum absolute atomic E-state index is 0.204. The first-order valence-electron chi connectivity index (χ1n) is 5.84. The maximum atomic E-state index is 10.3. The Morgan fingerprint density at radius 1 is 1.18 bits per heavy atom. The Morgan fingerprint density at radius 3 is 2.24 bits per heavy atom. The highest BCUT2D eigenvalue weighted by Crippen LogP contribution is 2.30. The zero-order chi connectivity index (χ0) is 13.1. The van der Waals surface area contributed by atoms with Gasteiger partial charge in [-0.15, -0.1) is 0 Å². The topological polar surface area (TPSA) is 38.7 Å². The van der Waals surface area contributed by atoms with Gasteiger partial charge in [-0.25, -0.2) is 0 Å². The summed E-state index contributed by atoms with van der Waals surface area (Å²) in [5.74, 6) is 1.61. The maximum Gasteiger partial charge on any atom is 0.160 e. The summed E-state index contributed by atoms with van der Waals surface area (Å²) in [6.07, 6.45) is 0.602. The van der Waals surface area contributed by atoms with Crippen LogP contribution in [-0.4, -0.2) is 24.9 Å². The van der Waals surface area contributed by atoms with Gasteiger partial charge in [0, 0.05) is 6.42 Å². The summed E-state index contributed by atoms with van der Waals surface area (Å²) in [5.41, 5.74) is 0.334. The SMILES string of the molecule is COc1ccc(CC(C)(O)C(C)C)cc1OC. The Kier molecular flexibility index (Phi) is 4.40. The van der Waals surface area contributed by atoms with Crippen LogP contribution < -0.4 is 9.47 Å². The van der Waals surface area contributed by atoms with Crippen molar-refractivity contribution < 1.29 is 14.6 Å². The van der Waals surface area contributed by atoms with Crippen LogP contribution in [0.1, 0.15) is 26.3 Å². The van der Waals surface area contributed by atoms with Gasteiger partial charge in [0.1, 0.15) is 0 Å². The van der Waals surface area contributed by atoms with Gasteiger partial charge in [0.05, 0.1) is 19.8 Å². The van der Waals surface area contributed by atoms with Crippen molar-refractivity contribution in [1.29, 1.82) is 0 Å². The normalized spacial score (nSPS) is 14.5. The van der Waals surface area contributed by atoms with E-state index in [1.54, 1.807) is 14.2 Å². The number of hydrogen-bond acceptors (Lipinski definition) is 3. The van der Waals surface area contributed by atoms with Gasteiger partial charge in [-0.3, -0.25) is 0 Å². The van der Waals surface area contributed by atoms with Crippen molar-refractivity contribution in [3.8, 4) is 11.5 Å². The first-order valence-corrected chi connectivity index (χ1v) is 5.84. The summed E-state index contributed by atoms with van der Waals surface area (Å²) in [5, 5.41) is 10.3. The third-order valence-electron chi connectivity index (χ3n) is 3.25. The zero-order valence-electron chi connectivity index (χ0n) is 11.3. The summed E-state index contributed by atoms with van der Waals surface area (Å²) in [4.78, 5) is 0. The fraction of sp³-hybridized carbons (Fsp3) is 0.571. The van der Waals surface area contributed by atoms with E-state index in [2.05, 4.69) is 0 Å². The van der Waals surface area contributed by atoms with Crippen LogP contribution in [0.4, 0.5) is 0 Å². The molecule has 0 aliphatic heterocycles. The molecular weight excluding hydrogens is 216 g/mol. The second kappa shape index (κ2) is 5.41. The number of rotatable bonds is 5. The van der Waals surface area contributed by atoms with Crippen LogP contribution in [0, 0.1) is 5.92 Å². The molecule has 0 heterocycles. The molecule has 0 aromatic heterocycles. The lowest BCUT2D eigenvalue weighted by atomic mass is 9.86. The Balaban J connectivity index is 2.93. The van der Waals surface area contributed by atoms with Crippen molar-refractivity contribution in [2.45, 2.75) is 32.8 Å². The molecule has 96 valence electrons. The summed E-state index contributed by atoms with van der Waals surface area (Å²) >= 11 is 0. The van der Waals surface area contributed by atoms with Crippen LogP contribution >= 0.6 is 0 Å². The molecule has 0 amide bonds. The smallest absolute Gasteiger partial charge is 0.160 e. The van der Waals surface area contributed by atoms with E-state index in [-0.39, 0.29) is 5.92 Å². The molecule has 0 aliphatic rings. The van der Waals surface area contributed by atoms with Gasteiger partial charge in [-0.1, -0.05) is 19.9 Å². The van der Waals surface area contributed by atoms with Crippen molar-refractivity contribution in [2.75, 3.05) is 14.2 Å². The predicted molar refractivity (Wildman–Crippen MR) is 68.7 cm³/mol. The van der Waals surface area contributed by atoms with E-state index in [9.17, 15) is 5.11 Å². The first-order chi connectivity index (χ1) is 7.90. The van der Waals surface area contributed by atoms with Gasteiger partial charge in [0.15, 0.2) is 11.5 Å². The molecule has 1 N–H and O–H groups in total. The number of hydrogen-bond donors (Lipinski definition) is 1. The van der Waals surface area contributed by atoms with Crippen LogP contribution in [0.3, 0.4) is 0 Å². The minimum Gasteiger partial charge on any atom is -0.493 e. The van der Waals surface area contributed by atoms with Crippen molar-refractivity contribution >= 4 is 0 Å². The second-order valence-corrected chi connectivity index (χ2v) is 4.88. The summed E-state index contributed by atoms with van der Waals surface area (Å²) in [7, 11) is 3.23. The van der Waals surface area contributed by atoms with Crippen LogP contribution in [0.15, 0.2) is 18.2 Å². The Bertz CT molecular complexity index is 370. The van der Waals surface area contributed by atoms with Crippen LogP contribution in [0.2, 0.25) is 0 Å². The highest BCUT2D eigenvalue weighted by molar-refractivity contribution is 5.43. The molecule has 0 spiro atoms. The van der Waals surface area contributed by atoms with Gasteiger partial charge in [0.2, 0.25) is 0 Å². The Labute approximate surface area is 103 Å². The van der Waals surface area contributed by atoms with E-state index in [0.29, 0.717) is 17.9 Å². The predicted octanol–water partition coefficient (Wildman–Crippen LogP) is 2.65. The monoisotopic (exact) mass is 238 g/mol. The highest BCUT2D eigenvalue weighted by atomic mass is 16.5. The van der Waals surface area contributed by atoms with Gasteiger partial charge < -0.3 is 14.6 Å². The lowest BCUT2D eigenvalue weighted by Crippen LogP contribution is -2.33. The number of benzene rings is 1. The van der Waals surface area contributed by atoms with E-state index < -0.39 is 5.60 Å². The van der Waals surface area contributed by atoms with Crippen molar-refractivity contribution in [3.05, 3.63) is 23.8 Å². The molecule has 1 rings (SSSR count). The summed E-state index contributed by atoms with van der Waals surface area (Å²) in [6.45, 7) is 5.88. The maximum absolute atomic E-state index is 10.3. The van der Waals surface area contributed by atoms with Crippen molar-refractivity contribution in [3.63, 3.8) is 0 Å². The molecule has 0 bridgehead atoms. The van der Waals surface area contributed by atoms with Gasteiger partial charge >= 0.3 is 0 Å². The molecule has 0 fully saturated rings.